The third-order valence-electron chi connectivity index (χ3n) is 2.25. The molecule has 3 N–H and O–H groups in total. The molecule has 1 aromatic rings. The number of anilines is 1. The number of aryl methyl sites for hydroxylation is 1. The molecule has 17 heavy (non-hydrogen) atoms. The van der Waals surface area contributed by atoms with Crippen molar-refractivity contribution in [3.63, 3.8) is 0 Å². The molecule has 0 aliphatic rings. The molecule has 0 fully saturated rings. The van der Waals surface area contributed by atoms with Crippen LogP contribution in [0.4, 0.5) is 5.69 Å². The molecule has 0 radical (unpaired) electrons. The number of unbranched alkanes of at least 4 members (excludes halogenated alkanes) is 1. The zero-order chi connectivity index (χ0) is 12.9. The van der Waals surface area contributed by atoms with E-state index in [1.165, 1.54) is 0 Å². The Morgan fingerprint density at radius 3 is 2.71 bits per heavy atom. The van der Waals surface area contributed by atoms with Crippen molar-refractivity contribution >= 4 is 27.3 Å². The van der Waals surface area contributed by atoms with E-state index < -0.39 is 10.0 Å². The summed E-state index contributed by atoms with van der Waals surface area (Å²) in [4.78, 5) is 0. The first kappa shape index (κ1) is 14.3. The van der Waals surface area contributed by atoms with Gasteiger partial charge in [-0.05, 0) is 44.0 Å². The van der Waals surface area contributed by atoms with Gasteiger partial charge in [0.1, 0.15) is 0 Å². The summed E-state index contributed by atoms with van der Waals surface area (Å²) in [7, 11) is -3.34. The van der Waals surface area contributed by atoms with Crippen molar-refractivity contribution in [2.24, 2.45) is 5.73 Å². The minimum atomic E-state index is -3.34. The zero-order valence-corrected chi connectivity index (χ0v) is 11.3. The molecule has 0 bridgehead atoms. The summed E-state index contributed by atoms with van der Waals surface area (Å²) in [6.07, 6.45) is 1.25. The van der Waals surface area contributed by atoms with E-state index in [9.17, 15) is 8.42 Å². The Morgan fingerprint density at radius 1 is 1.35 bits per heavy atom. The first-order valence-corrected chi connectivity index (χ1v) is 7.44. The number of hydrogen-bond donors (Lipinski definition) is 2. The number of nitrogens with two attached hydrogens (primary N) is 1. The minimum absolute atomic E-state index is 0.0640. The van der Waals surface area contributed by atoms with Crippen molar-refractivity contribution in [1.29, 1.82) is 0 Å². The molecule has 4 nitrogen and oxygen atoms in total. The molecular formula is C11H17ClN2O2S. The monoisotopic (exact) mass is 276 g/mol. The lowest BCUT2D eigenvalue weighted by molar-refractivity contribution is 0.597. The summed E-state index contributed by atoms with van der Waals surface area (Å²) in [5.41, 5.74) is 6.70. The van der Waals surface area contributed by atoms with E-state index >= 15 is 0 Å². The summed E-state index contributed by atoms with van der Waals surface area (Å²) in [6, 6.07) is 5.21. The predicted molar refractivity (Wildman–Crippen MR) is 71.9 cm³/mol. The molecule has 0 heterocycles. The second kappa shape index (κ2) is 6.23. The van der Waals surface area contributed by atoms with Gasteiger partial charge in [-0.3, -0.25) is 4.72 Å². The molecule has 0 aliphatic carbocycles. The highest BCUT2D eigenvalue weighted by Crippen LogP contribution is 2.23. The van der Waals surface area contributed by atoms with E-state index in [4.69, 9.17) is 17.3 Å². The predicted octanol–water partition coefficient (Wildman–Crippen LogP) is 2.13. The lowest BCUT2D eigenvalue weighted by Gasteiger charge is -2.10. The Balaban J connectivity index is 2.72. The molecular weight excluding hydrogens is 260 g/mol. The first-order chi connectivity index (χ1) is 7.94. The molecule has 0 aliphatic heterocycles. The van der Waals surface area contributed by atoms with Crippen LogP contribution in [0.5, 0.6) is 0 Å². The molecule has 0 atom stereocenters. The molecule has 6 heteroatoms. The van der Waals surface area contributed by atoms with Gasteiger partial charge in [-0.15, -0.1) is 0 Å². The molecule has 0 saturated heterocycles. The number of rotatable bonds is 6. The molecule has 0 unspecified atom stereocenters. The van der Waals surface area contributed by atoms with Gasteiger partial charge in [0.05, 0.1) is 16.5 Å². The Kier molecular flexibility index (Phi) is 5.24. The van der Waals surface area contributed by atoms with Gasteiger partial charge in [-0.2, -0.15) is 0 Å². The van der Waals surface area contributed by atoms with Gasteiger partial charge in [0.25, 0.3) is 0 Å². The van der Waals surface area contributed by atoms with Gasteiger partial charge in [0, 0.05) is 0 Å². The van der Waals surface area contributed by atoms with Crippen molar-refractivity contribution in [2.45, 2.75) is 19.8 Å². The van der Waals surface area contributed by atoms with Crippen molar-refractivity contribution in [3.05, 3.63) is 28.8 Å². The maximum atomic E-state index is 11.7. The van der Waals surface area contributed by atoms with E-state index in [2.05, 4.69) is 4.72 Å². The van der Waals surface area contributed by atoms with Crippen LogP contribution in [0.3, 0.4) is 0 Å². The summed E-state index contributed by atoms with van der Waals surface area (Å²) in [5, 5.41) is 0.401. The Morgan fingerprint density at radius 2 is 2.06 bits per heavy atom. The summed E-state index contributed by atoms with van der Waals surface area (Å²) < 4.78 is 25.9. The van der Waals surface area contributed by atoms with Gasteiger partial charge in [0.15, 0.2) is 0 Å². The molecule has 96 valence electrons. The SMILES string of the molecule is Cc1ccc(Cl)c(NS(=O)(=O)CCCCN)c1. The number of benzene rings is 1. The summed E-state index contributed by atoms with van der Waals surface area (Å²) >= 11 is 5.92. The lowest BCUT2D eigenvalue weighted by Crippen LogP contribution is -2.17. The van der Waals surface area contributed by atoms with E-state index in [-0.39, 0.29) is 5.75 Å². The molecule has 0 saturated carbocycles. The number of sulfonamides is 1. The molecule has 1 rings (SSSR count). The average Bonchev–Trinajstić information content (AvgIpc) is 2.23. The van der Waals surface area contributed by atoms with Crippen LogP contribution in [-0.2, 0) is 10.0 Å². The van der Waals surface area contributed by atoms with Crippen LogP contribution >= 0.6 is 11.6 Å². The quantitative estimate of drug-likeness (QED) is 0.782. The van der Waals surface area contributed by atoms with E-state index in [0.717, 1.165) is 5.56 Å². The van der Waals surface area contributed by atoms with E-state index in [0.29, 0.717) is 30.1 Å². The zero-order valence-electron chi connectivity index (χ0n) is 9.74. The molecule has 0 spiro atoms. The van der Waals surface area contributed by atoms with Crippen LogP contribution in [0.15, 0.2) is 18.2 Å². The van der Waals surface area contributed by atoms with Gasteiger partial charge in [-0.25, -0.2) is 8.42 Å². The molecule has 0 aromatic heterocycles. The Labute approximate surface area is 107 Å². The number of hydrogen-bond acceptors (Lipinski definition) is 3. The summed E-state index contributed by atoms with van der Waals surface area (Å²) in [6.45, 7) is 2.38. The average molecular weight is 277 g/mol. The summed E-state index contributed by atoms with van der Waals surface area (Å²) in [5.74, 6) is 0.0640. The third kappa shape index (κ3) is 4.93. The van der Waals surface area contributed by atoms with Gasteiger partial charge < -0.3 is 5.73 Å². The fraction of sp³-hybridized carbons (Fsp3) is 0.455. The maximum absolute atomic E-state index is 11.7. The maximum Gasteiger partial charge on any atom is 0.232 e. The van der Waals surface area contributed by atoms with Crippen LogP contribution in [0.2, 0.25) is 5.02 Å². The van der Waals surface area contributed by atoms with Crippen molar-refractivity contribution in [2.75, 3.05) is 17.0 Å². The topological polar surface area (TPSA) is 72.2 Å². The first-order valence-electron chi connectivity index (χ1n) is 5.41. The van der Waals surface area contributed by atoms with Crippen LogP contribution in [0, 0.1) is 6.92 Å². The van der Waals surface area contributed by atoms with Crippen LogP contribution < -0.4 is 10.5 Å². The second-order valence-corrected chi connectivity index (χ2v) is 6.15. The van der Waals surface area contributed by atoms with Gasteiger partial charge in [0.2, 0.25) is 10.0 Å². The molecule has 0 amide bonds. The fourth-order valence-corrected chi connectivity index (χ4v) is 2.78. The smallest absolute Gasteiger partial charge is 0.232 e. The Hall–Kier alpha value is -0.780. The normalized spacial score (nSPS) is 11.5. The van der Waals surface area contributed by atoms with Crippen molar-refractivity contribution < 1.29 is 8.42 Å². The second-order valence-electron chi connectivity index (χ2n) is 3.90. The van der Waals surface area contributed by atoms with Gasteiger partial charge in [-0.1, -0.05) is 17.7 Å². The number of halogens is 1. The lowest BCUT2D eigenvalue weighted by atomic mass is 10.2. The standard InChI is InChI=1S/C11H17ClN2O2S/c1-9-4-5-10(12)11(8-9)14-17(15,16)7-3-2-6-13/h4-5,8,14H,2-3,6-7,13H2,1H3. The van der Waals surface area contributed by atoms with Crippen molar-refractivity contribution in [3.8, 4) is 0 Å². The molecule has 1 aromatic carbocycles. The highest BCUT2D eigenvalue weighted by Gasteiger charge is 2.11. The van der Waals surface area contributed by atoms with Crippen LogP contribution in [0.1, 0.15) is 18.4 Å². The van der Waals surface area contributed by atoms with Crippen LogP contribution in [-0.4, -0.2) is 20.7 Å². The minimum Gasteiger partial charge on any atom is -0.330 e. The van der Waals surface area contributed by atoms with Crippen molar-refractivity contribution in [1.82, 2.24) is 0 Å². The highest BCUT2D eigenvalue weighted by molar-refractivity contribution is 7.92. The largest absolute Gasteiger partial charge is 0.330 e. The number of nitrogens with one attached hydrogen (secondary N) is 1. The third-order valence-corrected chi connectivity index (χ3v) is 3.94. The fourth-order valence-electron chi connectivity index (χ4n) is 1.37. The van der Waals surface area contributed by atoms with Gasteiger partial charge >= 0.3 is 0 Å². The van der Waals surface area contributed by atoms with Crippen LogP contribution in [0.25, 0.3) is 0 Å². The van der Waals surface area contributed by atoms with E-state index in [1.54, 1.807) is 12.1 Å². The highest BCUT2D eigenvalue weighted by atomic mass is 35.5. The van der Waals surface area contributed by atoms with E-state index in [1.807, 2.05) is 13.0 Å². The Bertz CT molecular complexity index is 474.